The predicted molar refractivity (Wildman–Crippen MR) is 115 cm³/mol. The van der Waals surface area contributed by atoms with Crippen LogP contribution in [0.15, 0.2) is 52.9 Å². The molecule has 1 saturated heterocycles. The van der Waals surface area contributed by atoms with Gasteiger partial charge in [-0.3, -0.25) is 10.1 Å². The van der Waals surface area contributed by atoms with Gasteiger partial charge in [0.2, 0.25) is 5.95 Å². The van der Waals surface area contributed by atoms with Crippen LogP contribution in [0.1, 0.15) is 23.4 Å². The third-order valence-electron chi connectivity index (χ3n) is 5.42. The molecular weight excluding hydrogens is 388 g/mol. The van der Waals surface area contributed by atoms with E-state index in [1.165, 1.54) is 12.8 Å². The topological polar surface area (TPSA) is 63.3 Å². The maximum atomic E-state index is 12.9. The van der Waals surface area contributed by atoms with Crippen LogP contribution in [0.25, 0.3) is 22.0 Å². The minimum absolute atomic E-state index is 0.236. The Hall–Kier alpha value is -2.83. The second kappa shape index (κ2) is 7.54. The lowest BCUT2D eigenvalue weighted by Gasteiger charge is -2.16. The number of fused-ring (bicyclic) bond motifs is 2. The number of likely N-dealkylation sites (tertiary alicyclic amines) is 1. The van der Waals surface area contributed by atoms with Crippen molar-refractivity contribution in [2.45, 2.75) is 19.4 Å². The van der Waals surface area contributed by atoms with Crippen LogP contribution >= 0.6 is 11.6 Å². The Bertz CT molecular complexity index is 1190. The lowest BCUT2D eigenvalue weighted by Crippen LogP contribution is -2.25. The second-order valence-electron chi connectivity index (χ2n) is 7.37. The number of nitrogens with zero attached hydrogens (tertiary/aromatic N) is 3. The molecule has 1 fully saturated rings. The number of amides is 1. The quantitative estimate of drug-likeness (QED) is 0.516. The molecule has 0 radical (unpaired) electrons. The number of carbonyl (C=O) groups is 1. The Balaban J connectivity index is 1.43. The van der Waals surface area contributed by atoms with Gasteiger partial charge in [-0.15, -0.1) is 0 Å². The number of aromatic nitrogens is 2. The first kappa shape index (κ1) is 18.2. The van der Waals surface area contributed by atoms with Crippen molar-refractivity contribution in [2.75, 3.05) is 25.0 Å². The summed E-state index contributed by atoms with van der Waals surface area (Å²) in [5.41, 5.74) is 2.50. The van der Waals surface area contributed by atoms with Gasteiger partial charge >= 0.3 is 0 Å². The molecule has 0 aliphatic carbocycles. The van der Waals surface area contributed by atoms with E-state index >= 15 is 0 Å². The highest BCUT2D eigenvalue weighted by molar-refractivity contribution is 6.31. The van der Waals surface area contributed by atoms with Crippen molar-refractivity contribution in [3.8, 4) is 0 Å². The van der Waals surface area contributed by atoms with Crippen LogP contribution in [0.2, 0.25) is 5.02 Å². The van der Waals surface area contributed by atoms with E-state index in [1.807, 2.05) is 24.3 Å². The van der Waals surface area contributed by atoms with E-state index in [9.17, 15) is 4.79 Å². The summed E-state index contributed by atoms with van der Waals surface area (Å²) in [6.07, 6.45) is 2.51. The molecule has 148 valence electrons. The van der Waals surface area contributed by atoms with Gasteiger partial charge in [0.05, 0.1) is 11.0 Å². The molecule has 1 N–H and O–H groups in total. The van der Waals surface area contributed by atoms with Crippen LogP contribution in [-0.4, -0.2) is 40.0 Å². The molecule has 4 aromatic rings. The molecule has 29 heavy (non-hydrogen) atoms. The zero-order valence-electron chi connectivity index (χ0n) is 15.9. The van der Waals surface area contributed by atoms with E-state index < -0.39 is 0 Å². The lowest BCUT2D eigenvalue weighted by molar-refractivity contribution is 0.0997. The standard InChI is InChI=1S/C22H21ClN4O2/c23-16-7-8-19-15(13-16)14-20(29-19)21(28)25-22-24-17-5-1-2-6-18(17)27(22)12-11-26-9-3-4-10-26/h1-2,5-8,13-14H,3-4,9-12H2,(H,24,25,28). The number of anilines is 1. The van der Waals surface area contributed by atoms with Gasteiger partial charge < -0.3 is 13.9 Å². The first-order valence-corrected chi connectivity index (χ1v) is 10.2. The van der Waals surface area contributed by atoms with Gasteiger partial charge in [-0.2, -0.15) is 0 Å². The Morgan fingerprint density at radius 3 is 2.79 bits per heavy atom. The molecule has 1 aliphatic rings. The number of carbonyl (C=O) groups excluding carboxylic acids is 1. The lowest BCUT2D eigenvalue weighted by atomic mass is 10.2. The number of hydrogen-bond acceptors (Lipinski definition) is 4. The van der Waals surface area contributed by atoms with Crippen molar-refractivity contribution in [2.24, 2.45) is 0 Å². The number of hydrogen-bond donors (Lipinski definition) is 1. The predicted octanol–water partition coefficient (Wildman–Crippen LogP) is 4.78. The third-order valence-corrected chi connectivity index (χ3v) is 5.66. The Kier molecular flexibility index (Phi) is 4.73. The second-order valence-corrected chi connectivity index (χ2v) is 7.81. The largest absolute Gasteiger partial charge is 0.451 e. The zero-order chi connectivity index (χ0) is 19.8. The van der Waals surface area contributed by atoms with Gasteiger partial charge in [-0.05, 0) is 62.3 Å². The highest BCUT2D eigenvalue weighted by Gasteiger charge is 2.19. The molecule has 0 saturated carbocycles. The normalized spacial score (nSPS) is 14.8. The van der Waals surface area contributed by atoms with E-state index in [0.29, 0.717) is 16.6 Å². The van der Waals surface area contributed by atoms with Crippen LogP contribution in [0.3, 0.4) is 0 Å². The van der Waals surface area contributed by atoms with Crippen molar-refractivity contribution >= 4 is 45.5 Å². The van der Waals surface area contributed by atoms with E-state index in [1.54, 1.807) is 24.3 Å². The van der Waals surface area contributed by atoms with Gasteiger partial charge in [0, 0.05) is 23.5 Å². The number of rotatable bonds is 5. The fourth-order valence-corrected chi connectivity index (χ4v) is 4.11. The van der Waals surface area contributed by atoms with E-state index in [-0.39, 0.29) is 11.7 Å². The number of furan rings is 1. The van der Waals surface area contributed by atoms with Gasteiger partial charge in [0.15, 0.2) is 5.76 Å². The van der Waals surface area contributed by atoms with Gasteiger partial charge in [0.1, 0.15) is 5.58 Å². The number of halogens is 1. The average Bonchev–Trinajstić information content (AvgIpc) is 3.44. The summed E-state index contributed by atoms with van der Waals surface area (Å²) in [5.74, 6) is 0.448. The molecule has 0 unspecified atom stereocenters. The smallest absolute Gasteiger partial charge is 0.293 e. The molecular formula is C22H21ClN4O2. The van der Waals surface area contributed by atoms with Gasteiger partial charge in [-0.25, -0.2) is 4.98 Å². The SMILES string of the molecule is O=C(Nc1nc2ccccc2n1CCN1CCCC1)c1cc2cc(Cl)ccc2o1. The molecule has 0 spiro atoms. The van der Waals surface area contributed by atoms with Crippen molar-refractivity contribution in [3.63, 3.8) is 0 Å². The fraction of sp³-hybridized carbons (Fsp3) is 0.273. The number of benzene rings is 2. The fourth-order valence-electron chi connectivity index (χ4n) is 3.93. The van der Waals surface area contributed by atoms with Crippen LogP contribution in [-0.2, 0) is 6.54 Å². The third kappa shape index (κ3) is 3.61. The summed E-state index contributed by atoms with van der Waals surface area (Å²) >= 11 is 6.03. The highest BCUT2D eigenvalue weighted by Crippen LogP contribution is 2.25. The van der Waals surface area contributed by atoms with E-state index in [2.05, 4.69) is 19.8 Å². The minimum Gasteiger partial charge on any atom is -0.451 e. The Labute approximate surface area is 173 Å². The number of imidazole rings is 1. The molecule has 1 amide bonds. The van der Waals surface area contributed by atoms with Crippen LogP contribution < -0.4 is 5.32 Å². The maximum Gasteiger partial charge on any atom is 0.293 e. The molecule has 1 aliphatic heterocycles. The first-order chi connectivity index (χ1) is 14.2. The Morgan fingerprint density at radius 2 is 1.93 bits per heavy atom. The van der Waals surface area contributed by atoms with Crippen molar-refractivity contribution < 1.29 is 9.21 Å². The summed E-state index contributed by atoms with van der Waals surface area (Å²) in [6.45, 7) is 3.98. The molecule has 0 bridgehead atoms. The molecule has 0 atom stereocenters. The summed E-state index contributed by atoms with van der Waals surface area (Å²) in [6, 6.07) is 14.9. The summed E-state index contributed by atoms with van der Waals surface area (Å²) in [4.78, 5) is 19.9. The monoisotopic (exact) mass is 408 g/mol. The van der Waals surface area contributed by atoms with Gasteiger partial charge in [-0.1, -0.05) is 23.7 Å². The zero-order valence-corrected chi connectivity index (χ0v) is 16.7. The van der Waals surface area contributed by atoms with Crippen molar-refractivity contribution in [1.82, 2.24) is 14.5 Å². The van der Waals surface area contributed by atoms with Crippen molar-refractivity contribution in [1.29, 1.82) is 0 Å². The van der Waals surface area contributed by atoms with Crippen LogP contribution in [0, 0.1) is 0 Å². The Morgan fingerprint density at radius 1 is 1.10 bits per heavy atom. The molecule has 5 rings (SSSR count). The van der Waals surface area contributed by atoms with Crippen LogP contribution in [0.5, 0.6) is 0 Å². The highest BCUT2D eigenvalue weighted by atomic mass is 35.5. The number of para-hydroxylation sites is 2. The average molecular weight is 409 g/mol. The molecule has 2 aromatic carbocycles. The molecule has 3 heterocycles. The number of nitrogens with one attached hydrogen (secondary N) is 1. The van der Waals surface area contributed by atoms with Gasteiger partial charge in [0.25, 0.3) is 5.91 Å². The minimum atomic E-state index is -0.324. The van der Waals surface area contributed by atoms with Crippen molar-refractivity contribution in [3.05, 3.63) is 59.3 Å². The summed E-state index contributed by atoms with van der Waals surface area (Å²) in [5, 5.41) is 4.34. The van der Waals surface area contributed by atoms with E-state index in [4.69, 9.17) is 16.0 Å². The first-order valence-electron chi connectivity index (χ1n) is 9.85. The van der Waals surface area contributed by atoms with Crippen LogP contribution in [0.4, 0.5) is 5.95 Å². The molecule has 7 heteroatoms. The molecule has 2 aromatic heterocycles. The molecule has 6 nitrogen and oxygen atoms in total. The summed E-state index contributed by atoms with van der Waals surface area (Å²) < 4.78 is 7.77. The van der Waals surface area contributed by atoms with E-state index in [0.717, 1.165) is 42.6 Å². The maximum absolute atomic E-state index is 12.9. The summed E-state index contributed by atoms with van der Waals surface area (Å²) in [7, 11) is 0.